The number of carbonyl (C=O) groups excluding carboxylic acids is 2. The maximum atomic E-state index is 13.1. The van der Waals surface area contributed by atoms with E-state index in [4.69, 9.17) is 21.1 Å². The number of benzene rings is 3. The molecular formula is C27H26BrClN4O4. The van der Waals surface area contributed by atoms with Crippen molar-refractivity contribution in [3.8, 4) is 11.5 Å². The van der Waals surface area contributed by atoms with E-state index in [1.54, 1.807) is 42.5 Å². The number of halogens is 2. The number of hydrogen-bond acceptors (Lipinski definition) is 6. The van der Waals surface area contributed by atoms with Crippen molar-refractivity contribution in [2.75, 3.05) is 33.2 Å². The minimum Gasteiger partial charge on any atom is -0.493 e. The van der Waals surface area contributed by atoms with Gasteiger partial charge in [0.1, 0.15) is 5.70 Å². The molecule has 2 N–H and O–H groups in total. The number of hydrogen-bond donors (Lipinski definition) is 2. The molecular weight excluding hydrogens is 560 g/mol. The molecule has 0 bridgehead atoms. The fourth-order valence-corrected chi connectivity index (χ4v) is 4.11. The third-order valence-electron chi connectivity index (χ3n) is 5.17. The molecule has 0 atom stereocenters. The van der Waals surface area contributed by atoms with Crippen molar-refractivity contribution in [2.45, 2.75) is 0 Å². The second-order valence-corrected chi connectivity index (χ2v) is 9.18. The summed E-state index contributed by atoms with van der Waals surface area (Å²) in [6.07, 6.45) is 3.01. The topological polar surface area (TPSA) is 92.3 Å². The molecule has 2 amide bonds. The molecule has 0 aliphatic heterocycles. The summed E-state index contributed by atoms with van der Waals surface area (Å²) in [6, 6.07) is 17.6. The van der Waals surface area contributed by atoms with Gasteiger partial charge in [0.2, 0.25) is 0 Å². The molecule has 0 heterocycles. The predicted molar refractivity (Wildman–Crippen MR) is 151 cm³/mol. The Hall–Kier alpha value is -3.82. The molecule has 10 heteroatoms. The summed E-state index contributed by atoms with van der Waals surface area (Å²) in [5, 5.41) is 6.96. The minimum atomic E-state index is -0.618. The molecule has 8 nitrogen and oxygen atoms in total. The van der Waals surface area contributed by atoms with Crippen LogP contribution in [-0.2, 0) is 4.79 Å². The molecule has 0 aliphatic carbocycles. The number of amides is 2. The lowest BCUT2D eigenvalue weighted by atomic mass is 10.1. The van der Waals surface area contributed by atoms with Gasteiger partial charge in [0, 0.05) is 19.8 Å². The molecule has 3 rings (SSSR count). The quantitative estimate of drug-likeness (QED) is 0.207. The van der Waals surface area contributed by atoms with E-state index < -0.39 is 11.8 Å². The number of hydrazone groups is 1. The Balaban J connectivity index is 1.86. The van der Waals surface area contributed by atoms with Crippen molar-refractivity contribution in [3.05, 3.63) is 92.5 Å². The van der Waals surface area contributed by atoms with Crippen molar-refractivity contribution in [1.29, 1.82) is 0 Å². The van der Waals surface area contributed by atoms with E-state index in [0.29, 0.717) is 27.1 Å². The van der Waals surface area contributed by atoms with E-state index in [0.717, 1.165) is 5.69 Å². The molecule has 0 radical (unpaired) electrons. The lowest BCUT2D eigenvalue weighted by molar-refractivity contribution is -0.117. The second kappa shape index (κ2) is 12.9. The Morgan fingerprint density at radius 3 is 2.32 bits per heavy atom. The number of nitrogens with zero attached hydrogens (tertiary/aromatic N) is 2. The fraction of sp³-hybridized carbons (Fsp3) is 0.148. The predicted octanol–water partition coefficient (Wildman–Crippen LogP) is 5.11. The van der Waals surface area contributed by atoms with Gasteiger partial charge < -0.3 is 19.7 Å². The maximum Gasteiger partial charge on any atom is 0.287 e. The number of anilines is 1. The minimum absolute atomic E-state index is 0.00633. The van der Waals surface area contributed by atoms with Gasteiger partial charge in [0.25, 0.3) is 11.8 Å². The third-order valence-corrected chi connectivity index (χ3v) is 6.09. The number of nitrogens with one attached hydrogen (secondary N) is 2. The lowest BCUT2D eigenvalue weighted by Crippen LogP contribution is -2.33. The van der Waals surface area contributed by atoms with Gasteiger partial charge in [-0.15, -0.1) is 0 Å². The van der Waals surface area contributed by atoms with Crippen LogP contribution in [0.3, 0.4) is 0 Å². The van der Waals surface area contributed by atoms with Crippen LogP contribution >= 0.6 is 27.5 Å². The van der Waals surface area contributed by atoms with Crippen molar-refractivity contribution in [3.63, 3.8) is 0 Å². The summed E-state index contributed by atoms with van der Waals surface area (Å²) in [5.41, 5.74) is 5.04. The van der Waals surface area contributed by atoms with Gasteiger partial charge >= 0.3 is 0 Å². The Bertz CT molecular complexity index is 1340. The molecule has 0 saturated carbocycles. The van der Waals surface area contributed by atoms with Crippen molar-refractivity contribution < 1.29 is 19.1 Å². The van der Waals surface area contributed by atoms with Gasteiger partial charge in [-0.25, -0.2) is 5.43 Å². The molecule has 0 fully saturated rings. The summed E-state index contributed by atoms with van der Waals surface area (Å²) >= 11 is 9.59. The van der Waals surface area contributed by atoms with Crippen LogP contribution in [0.1, 0.15) is 21.5 Å². The zero-order valence-corrected chi connectivity index (χ0v) is 23.1. The number of carbonyl (C=O) groups is 2. The largest absolute Gasteiger partial charge is 0.493 e. The van der Waals surface area contributed by atoms with Gasteiger partial charge in [-0.05, 0) is 69.5 Å². The van der Waals surface area contributed by atoms with Crippen LogP contribution in [0.5, 0.6) is 11.5 Å². The summed E-state index contributed by atoms with van der Waals surface area (Å²) < 4.78 is 11.3. The van der Waals surface area contributed by atoms with Crippen molar-refractivity contribution in [1.82, 2.24) is 10.7 Å². The van der Waals surface area contributed by atoms with Gasteiger partial charge in [-0.2, -0.15) is 5.10 Å². The second-order valence-electron chi connectivity index (χ2n) is 7.92. The highest BCUT2D eigenvalue weighted by Gasteiger charge is 2.16. The Labute approximate surface area is 229 Å². The number of ether oxygens (including phenoxy) is 2. The first-order valence-corrected chi connectivity index (χ1v) is 12.2. The van der Waals surface area contributed by atoms with Crippen molar-refractivity contribution in [2.24, 2.45) is 5.10 Å². The Kier molecular flexibility index (Phi) is 9.71. The number of rotatable bonds is 9. The molecule has 0 spiro atoms. The van der Waals surface area contributed by atoms with Crippen LogP contribution in [0, 0.1) is 0 Å². The van der Waals surface area contributed by atoms with Crippen LogP contribution in [0.25, 0.3) is 6.08 Å². The van der Waals surface area contributed by atoms with Crippen LogP contribution < -0.4 is 25.1 Å². The average molecular weight is 586 g/mol. The molecule has 0 saturated heterocycles. The summed E-state index contributed by atoms with van der Waals surface area (Å²) in [7, 11) is 6.93. The van der Waals surface area contributed by atoms with Gasteiger partial charge in [-0.3, -0.25) is 9.59 Å². The van der Waals surface area contributed by atoms with E-state index >= 15 is 0 Å². The zero-order chi connectivity index (χ0) is 26.9. The average Bonchev–Trinajstić information content (AvgIpc) is 2.88. The summed E-state index contributed by atoms with van der Waals surface area (Å²) in [6.45, 7) is 0. The van der Waals surface area contributed by atoms with E-state index in [1.165, 1.54) is 20.4 Å². The van der Waals surface area contributed by atoms with Gasteiger partial charge in [0.05, 0.1) is 35.5 Å². The molecule has 3 aromatic carbocycles. The van der Waals surface area contributed by atoms with E-state index in [9.17, 15) is 9.59 Å². The SMILES string of the molecule is COc1cc(C=NNC(=O)C(=Cc2ccc(N(C)C)cc2)NC(=O)c2ccccc2Cl)cc(Br)c1OC. The van der Waals surface area contributed by atoms with Gasteiger partial charge in [-0.1, -0.05) is 35.9 Å². The molecule has 0 aliphatic rings. The molecule has 37 heavy (non-hydrogen) atoms. The van der Waals surface area contributed by atoms with Crippen LogP contribution in [-0.4, -0.2) is 46.3 Å². The first-order chi connectivity index (χ1) is 17.7. The van der Waals surface area contributed by atoms with Crippen LogP contribution in [0.15, 0.2) is 75.9 Å². The third kappa shape index (κ3) is 7.34. The molecule has 0 unspecified atom stereocenters. The van der Waals surface area contributed by atoms with E-state index in [2.05, 4.69) is 31.8 Å². The van der Waals surface area contributed by atoms with E-state index in [-0.39, 0.29) is 16.3 Å². The highest BCUT2D eigenvalue weighted by atomic mass is 79.9. The number of methoxy groups -OCH3 is 2. The first kappa shape index (κ1) is 27.8. The van der Waals surface area contributed by atoms with E-state index in [1.807, 2.05) is 43.3 Å². The molecule has 192 valence electrons. The van der Waals surface area contributed by atoms with Crippen molar-refractivity contribution >= 4 is 57.3 Å². The van der Waals surface area contributed by atoms with Crippen LogP contribution in [0.4, 0.5) is 5.69 Å². The normalized spacial score (nSPS) is 11.2. The summed E-state index contributed by atoms with van der Waals surface area (Å²) in [4.78, 5) is 27.9. The highest BCUT2D eigenvalue weighted by Crippen LogP contribution is 2.35. The lowest BCUT2D eigenvalue weighted by Gasteiger charge is -2.13. The highest BCUT2D eigenvalue weighted by molar-refractivity contribution is 9.10. The first-order valence-electron chi connectivity index (χ1n) is 11.0. The molecule has 0 aromatic heterocycles. The molecule has 3 aromatic rings. The maximum absolute atomic E-state index is 13.1. The standard InChI is InChI=1S/C27H26BrClN4O4/c1-33(2)19-11-9-17(10-12-19)14-23(31-26(34)20-7-5-6-8-22(20)29)27(35)32-30-16-18-13-21(28)25(37-4)24(15-18)36-3/h5-16H,1-4H3,(H,31,34)(H,32,35). The smallest absolute Gasteiger partial charge is 0.287 e. The fourth-order valence-electron chi connectivity index (χ4n) is 3.27. The van der Waals surface area contributed by atoms with Gasteiger partial charge in [0.15, 0.2) is 11.5 Å². The Morgan fingerprint density at radius 1 is 1.00 bits per heavy atom. The Morgan fingerprint density at radius 2 is 1.70 bits per heavy atom. The monoisotopic (exact) mass is 584 g/mol. The summed E-state index contributed by atoms with van der Waals surface area (Å²) in [5.74, 6) is -0.104. The van der Waals surface area contributed by atoms with Crippen LogP contribution in [0.2, 0.25) is 5.02 Å². The zero-order valence-electron chi connectivity index (χ0n) is 20.7.